The average molecular weight is 482 g/mol. The van der Waals surface area contributed by atoms with E-state index in [0.717, 1.165) is 0 Å². The molecule has 0 aromatic heterocycles. The van der Waals surface area contributed by atoms with Crippen LogP contribution in [0.15, 0.2) is 72.8 Å². The standard InChI is InChI=1S/C33H43N3/c1-23-7-8-24(2)35(23)31-19-13-28(14-20-31)33(27-11-17-30(18-12-27)34(5)6)29-15-21-32(22-16-29)36-25(3)9-10-26(36)4/h11-26,33H,7-10H2,1-6H3. The fourth-order valence-corrected chi connectivity index (χ4v) is 6.63. The summed E-state index contributed by atoms with van der Waals surface area (Å²) in [5, 5.41) is 0. The topological polar surface area (TPSA) is 9.72 Å². The molecule has 0 amide bonds. The first-order valence-electron chi connectivity index (χ1n) is 13.9. The summed E-state index contributed by atoms with van der Waals surface area (Å²) in [4.78, 5) is 7.36. The fraction of sp³-hybridized carbons (Fsp3) is 0.455. The Labute approximate surface area is 218 Å². The quantitative estimate of drug-likeness (QED) is 0.334. The molecule has 2 aliphatic heterocycles. The maximum absolute atomic E-state index is 2.60. The van der Waals surface area contributed by atoms with Crippen molar-refractivity contribution in [2.45, 2.75) is 83.5 Å². The molecule has 0 saturated carbocycles. The first-order valence-corrected chi connectivity index (χ1v) is 13.9. The lowest BCUT2D eigenvalue weighted by Gasteiger charge is -2.30. The lowest BCUT2D eigenvalue weighted by atomic mass is 9.85. The van der Waals surface area contributed by atoms with Gasteiger partial charge in [0.05, 0.1) is 0 Å². The highest BCUT2D eigenvalue weighted by Gasteiger charge is 2.29. The van der Waals surface area contributed by atoms with Crippen LogP contribution in [0.4, 0.5) is 17.1 Å². The Balaban J connectivity index is 1.49. The van der Waals surface area contributed by atoms with Crippen LogP contribution in [0.25, 0.3) is 0 Å². The van der Waals surface area contributed by atoms with Gasteiger partial charge in [-0.3, -0.25) is 0 Å². The molecule has 0 radical (unpaired) electrons. The normalized spacial score (nSPS) is 24.8. The summed E-state index contributed by atoms with van der Waals surface area (Å²) in [6, 6.07) is 30.4. The first-order chi connectivity index (χ1) is 17.3. The highest BCUT2D eigenvalue weighted by atomic mass is 15.2. The van der Waals surface area contributed by atoms with Gasteiger partial charge in [-0.05, 0) is 106 Å². The fourth-order valence-electron chi connectivity index (χ4n) is 6.63. The summed E-state index contributed by atoms with van der Waals surface area (Å²) in [6.07, 6.45) is 5.13. The third kappa shape index (κ3) is 4.73. The van der Waals surface area contributed by atoms with Crippen molar-refractivity contribution in [2.24, 2.45) is 0 Å². The summed E-state index contributed by atoms with van der Waals surface area (Å²) in [5.74, 6) is 0.214. The van der Waals surface area contributed by atoms with Gasteiger partial charge in [0.25, 0.3) is 0 Å². The first kappa shape index (κ1) is 24.7. The molecule has 2 saturated heterocycles. The largest absolute Gasteiger partial charge is 0.378 e. The molecule has 3 nitrogen and oxygen atoms in total. The maximum Gasteiger partial charge on any atom is 0.0371 e. The minimum atomic E-state index is 0.214. The number of rotatable bonds is 6. The second-order valence-corrected chi connectivity index (χ2v) is 11.5. The Morgan fingerprint density at radius 3 is 1.14 bits per heavy atom. The van der Waals surface area contributed by atoms with Gasteiger partial charge in [-0.2, -0.15) is 0 Å². The highest BCUT2D eigenvalue weighted by molar-refractivity contribution is 5.57. The molecule has 3 heteroatoms. The van der Waals surface area contributed by atoms with Crippen LogP contribution in [0.2, 0.25) is 0 Å². The lowest BCUT2D eigenvalue weighted by molar-refractivity contribution is 0.693. The van der Waals surface area contributed by atoms with Crippen molar-refractivity contribution in [2.75, 3.05) is 28.8 Å². The summed E-state index contributed by atoms with van der Waals surface area (Å²) in [6.45, 7) is 9.43. The van der Waals surface area contributed by atoms with Crippen molar-refractivity contribution in [1.82, 2.24) is 0 Å². The van der Waals surface area contributed by atoms with E-state index in [0.29, 0.717) is 24.2 Å². The van der Waals surface area contributed by atoms with E-state index in [9.17, 15) is 0 Å². The molecule has 36 heavy (non-hydrogen) atoms. The summed E-state index contributed by atoms with van der Waals surface area (Å²) >= 11 is 0. The third-order valence-corrected chi connectivity index (χ3v) is 8.70. The molecule has 2 aliphatic rings. The molecule has 0 aliphatic carbocycles. The van der Waals surface area contributed by atoms with Gasteiger partial charge in [-0.25, -0.2) is 0 Å². The van der Waals surface area contributed by atoms with Gasteiger partial charge in [0.2, 0.25) is 0 Å². The summed E-state index contributed by atoms with van der Waals surface area (Å²) < 4.78 is 0. The van der Waals surface area contributed by atoms with Gasteiger partial charge in [0.1, 0.15) is 0 Å². The van der Waals surface area contributed by atoms with Crippen LogP contribution in [0.5, 0.6) is 0 Å². The number of anilines is 3. The van der Waals surface area contributed by atoms with Crippen LogP contribution in [-0.2, 0) is 0 Å². The van der Waals surface area contributed by atoms with E-state index >= 15 is 0 Å². The molecule has 3 aromatic rings. The molecular weight excluding hydrogens is 438 g/mol. The van der Waals surface area contributed by atoms with E-state index < -0.39 is 0 Å². The molecule has 4 atom stereocenters. The summed E-state index contributed by atoms with van der Waals surface area (Å²) in [5.41, 5.74) is 7.98. The number of benzene rings is 3. The van der Waals surface area contributed by atoms with Crippen LogP contribution in [0, 0.1) is 0 Å². The van der Waals surface area contributed by atoms with Crippen LogP contribution < -0.4 is 14.7 Å². The van der Waals surface area contributed by atoms with E-state index in [4.69, 9.17) is 0 Å². The van der Waals surface area contributed by atoms with Crippen molar-refractivity contribution in [1.29, 1.82) is 0 Å². The number of hydrogen-bond acceptors (Lipinski definition) is 3. The lowest BCUT2D eigenvalue weighted by Crippen LogP contribution is -2.32. The smallest absolute Gasteiger partial charge is 0.0371 e. The minimum Gasteiger partial charge on any atom is -0.378 e. The van der Waals surface area contributed by atoms with Gasteiger partial charge in [0, 0.05) is 61.2 Å². The zero-order valence-electron chi connectivity index (χ0n) is 23.0. The molecular formula is C33H43N3. The Morgan fingerprint density at radius 2 is 0.833 bits per heavy atom. The molecule has 2 heterocycles. The Morgan fingerprint density at radius 1 is 0.528 bits per heavy atom. The zero-order valence-corrected chi connectivity index (χ0v) is 23.0. The van der Waals surface area contributed by atoms with Crippen molar-refractivity contribution >= 4 is 17.1 Å². The van der Waals surface area contributed by atoms with Gasteiger partial charge in [0.15, 0.2) is 0 Å². The van der Waals surface area contributed by atoms with Crippen molar-refractivity contribution in [3.05, 3.63) is 89.5 Å². The molecule has 0 N–H and O–H groups in total. The van der Waals surface area contributed by atoms with E-state index in [1.165, 1.54) is 59.4 Å². The summed E-state index contributed by atoms with van der Waals surface area (Å²) in [7, 11) is 4.20. The van der Waals surface area contributed by atoms with E-state index in [1.54, 1.807) is 0 Å². The average Bonchev–Trinajstić information content (AvgIpc) is 3.40. The molecule has 0 spiro atoms. The number of nitrogens with zero attached hydrogens (tertiary/aromatic N) is 3. The molecule has 190 valence electrons. The minimum absolute atomic E-state index is 0.214. The van der Waals surface area contributed by atoms with Crippen LogP contribution in [-0.4, -0.2) is 38.3 Å². The molecule has 5 rings (SSSR count). The number of hydrogen-bond donors (Lipinski definition) is 0. The monoisotopic (exact) mass is 481 g/mol. The van der Waals surface area contributed by atoms with E-state index in [-0.39, 0.29) is 5.92 Å². The Hall–Kier alpha value is -2.94. The van der Waals surface area contributed by atoms with Crippen LogP contribution in [0.3, 0.4) is 0 Å². The Kier molecular flexibility index (Phi) is 7.01. The van der Waals surface area contributed by atoms with Gasteiger partial charge < -0.3 is 14.7 Å². The van der Waals surface area contributed by atoms with Gasteiger partial charge in [-0.15, -0.1) is 0 Å². The predicted molar refractivity (Wildman–Crippen MR) is 156 cm³/mol. The molecule has 3 aromatic carbocycles. The van der Waals surface area contributed by atoms with Crippen molar-refractivity contribution in [3.63, 3.8) is 0 Å². The SMILES string of the molecule is CC1CCC(C)N1c1ccc(C(c2ccc(N(C)C)cc2)c2ccc(N3C(C)CCC3C)cc2)cc1. The Bertz CT molecular complexity index is 1050. The van der Waals surface area contributed by atoms with Gasteiger partial charge in [-0.1, -0.05) is 36.4 Å². The van der Waals surface area contributed by atoms with E-state index in [2.05, 4.69) is 129 Å². The highest BCUT2D eigenvalue weighted by Crippen LogP contribution is 2.37. The predicted octanol–water partition coefficient (Wildman–Crippen LogP) is 7.69. The molecule has 4 unspecified atom stereocenters. The molecule has 0 bridgehead atoms. The van der Waals surface area contributed by atoms with Crippen molar-refractivity contribution < 1.29 is 0 Å². The third-order valence-electron chi connectivity index (χ3n) is 8.70. The van der Waals surface area contributed by atoms with Gasteiger partial charge >= 0.3 is 0 Å². The molecule has 2 fully saturated rings. The second-order valence-electron chi connectivity index (χ2n) is 11.5. The second kappa shape index (κ2) is 10.2. The van der Waals surface area contributed by atoms with Crippen LogP contribution in [0.1, 0.15) is 76.0 Å². The van der Waals surface area contributed by atoms with Crippen molar-refractivity contribution in [3.8, 4) is 0 Å². The van der Waals surface area contributed by atoms with E-state index in [1.807, 2.05) is 0 Å². The van der Waals surface area contributed by atoms with Crippen LogP contribution >= 0.6 is 0 Å². The maximum atomic E-state index is 2.60. The zero-order chi connectivity index (χ0) is 25.4.